The number of nitrogens with zero attached hydrogens (tertiary/aromatic N) is 2. The molecular weight excluding hydrogens is 444 g/mol. The van der Waals surface area contributed by atoms with Gasteiger partial charge in [0, 0.05) is 44.6 Å². The highest BCUT2D eigenvalue weighted by Gasteiger charge is 2.38. The number of carbonyl (C=O) groups is 1. The number of ether oxygens (including phenoxy) is 2. The van der Waals surface area contributed by atoms with Crippen LogP contribution in [0.25, 0.3) is 0 Å². The Bertz CT molecular complexity index is 1010. The summed E-state index contributed by atoms with van der Waals surface area (Å²) in [5.74, 6) is 6.35. The van der Waals surface area contributed by atoms with Crippen LogP contribution in [0.5, 0.6) is 5.75 Å². The van der Waals surface area contributed by atoms with Crippen molar-refractivity contribution in [3.63, 3.8) is 0 Å². The van der Waals surface area contributed by atoms with Crippen molar-refractivity contribution in [3.8, 4) is 17.6 Å². The second-order valence-corrected chi connectivity index (χ2v) is 10.9. The molecule has 8 nitrogen and oxygen atoms in total. The molecule has 0 unspecified atom stereocenters. The minimum Gasteiger partial charge on any atom is -0.487 e. The fourth-order valence-corrected chi connectivity index (χ4v) is 5.65. The van der Waals surface area contributed by atoms with Gasteiger partial charge in [-0.3, -0.25) is 4.79 Å². The third-order valence-electron chi connectivity index (χ3n) is 6.16. The summed E-state index contributed by atoms with van der Waals surface area (Å²) >= 11 is 0. The number of fused-ring (bicyclic) bond motifs is 1. The van der Waals surface area contributed by atoms with Crippen LogP contribution in [0.4, 0.5) is 0 Å². The fourth-order valence-electron chi connectivity index (χ4n) is 3.83. The van der Waals surface area contributed by atoms with Crippen LogP contribution in [0.1, 0.15) is 38.7 Å². The number of sulfonamides is 1. The van der Waals surface area contributed by atoms with Gasteiger partial charge in [0.25, 0.3) is 0 Å². The van der Waals surface area contributed by atoms with Gasteiger partial charge in [-0.2, -0.15) is 4.31 Å². The zero-order chi connectivity index (χ0) is 24.2. The molecule has 3 atom stereocenters. The van der Waals surface area contributed by atoms with Crippen molar-refractivity contribution in [1.29, 1.82) is 0 Å². The molecular formula is C24H34N2O6S. The predicted octanol–water partition coefficient (Wildman–Crippen LogP) is 1.71. The molecule has 1 saturated carbocycles. The van der Waals surface area contributed by atoms with Crippen LogP contribution < -0.4 is 4.74 Å². The van der Waals surface area contributed by atoms with Crippen molar-refractivity contribution >= 4 is 15.9 Å². The molecule has 33 heavy (non-hydrogen) atoms. The number of amides is 1. The average Bonchev–Trinajstić information content (AvgIpc) is 3.59. The molecule has 1 aliphatic heterocycles. The Morgan fingerprint density at radius 1 is 1.39 bits per heavy atom. The molecule has 1 heterocycles. The fraction of sp³-hybridized carbons (Fsp3) is 0.625. The lowest BCUT2D eigenvalue weighted by atomic mass is 10.0. The van der Waals surface area contributed by atoms with Crippen molar-refractivity contribution in [2.45, 2.75) is 50.2 Å². The molecule has 0 saturated heterocycles. The monoisotopic (exact) mass is 478 g/mol. The molecule has 0 bridgehead atoms. The van der Waals surface area contributed by atoms with Gasteiger partial charge in [-0.15, -0.1) is 0 Å². The molecule has 2 aliphatic rings. The minimum atomic E-state index is -3.91. The Labute approximate surface area is 196 Å². The summed E-state index contributed by atoms with van der Waals surface area (Å²) < 4.78 is 39.5. The number of aliphatic hydroxyl groups is 1. The molecule has 3 rings (SSSR count). The third-order valence-corrected chi connectivity index (χ3v) is 8.18. The molecule has 9 heteroatoms. The number of hydrogen-bond acceptors (Lipinski definition) is 6. The first-order valence-corrected chi connectivity index (χ1v) is 12.8. The number of rotatable bonds is 7. The summed E-state index contributed by atoms with van der Waals surface area (Å²) in [5.41, 5.74) is 0.605. The Kier molecular flexibility index (Phi) is 8.40. The van der Waals surface area contributed by atoms with Crippen molar-refractivity contribution in [2.75, 3.05) is 40.5 Å². The zero-order valence-corrected chi connectivity index (χ0v) is 20.6. The molecule has 0 spiro atoms. The molecule has 0 radical (unpaired) electrons. The van der Waals surface area contributed by atoms with Crippen molar-refractivity contribution in [1.82, 2.24) is 9.21 Å². The Morgan fingerprint density at radius 2 is 2.12 bits per heavy atom. The van der Waals surface area contributed by atoms with E-state index in [0.29, 0.717) is 24.4 Å². The van der Waals surface area contributed by atoms with Gasteiger partial charge in [0.05, 0.1) is 13.2 Å². The van der Waals surface area contributed by atoms with E-state index in [1.165, 1.54) is 10.4 Å². The molecule has 1 aromatic carbocycles. The topological polar surface area (TPSA) is 96.4 Å². The number of likely N-dealkylation sites (N-methyl/N-ethyl adjacent to an activating group) is 1. The van der Waals surface area contributed by atoms with Crippen molar-refractivity contribution in [3.05, 3.63) is 23.8 Å². The first-order chi connectivity index (χ1) is 15.7. The molecule has 0 aromatic heterocycles. The van der Waals surface area contributed by atoms with Crippen LogP contribution in [0.3, 0.4) is 0 Å². The molecule has 1 aromatic rings. The molecule has 1 amide bonds. The van der Waals surface area contributed by atoms with Crippen LogP contribution in [0.2, 0.25) is 0 Å². The second-order valence-electron chi connectivity index (χ2n) is 9.06. The lowest BCUT2D eigenvalue weighted by molar-refractivity contribution is -0.131. The molecule has 182 valence electrons. The van der Waals surface area contributed by atoms with E-state index >= 15 is 0 Å². The van der Waals surface area contributed by atoms with Crippen LogP contribution >= 0.6 is 0 Å². The van der Waals surface area contributed by atoms with E-state index < -0.39 is 22.2 Å². The van der Waals surface area contributed by atoms with E-state index in [9.17, 15) is 18.3 Å². The standard InChI is InChI=1S/C24H34N2O6S/c1-17-14-26(18(2)16-27)33(29,30)23-10-9-19(6-5-11-31-4)12-21(23)32-22(17)15-25(3)24(28)13-20-7-8-20/h9-10,12,17-18,20,22,27H,7-8,11,13-16H2,1-4H3/t17-,18+,22+/m0/s1. The number of carbonyl (C=O) groups excluding carboxylic acids is 1. The third kappa shape index (κ3) is 6.27. The lowest BCUT2D eigenvalue weighted by Crippen LogP contribution is -2.50. The van der Waals surface area contributed by atoms with Crippen LogP contribution in [0.15, 0.2) is 23.1 Å². The predicted molar refractivity (Wildman–Crippen MR) is 124 cm³/mol. The average molecular weight is 479 g/mol. The SMILES string of the molecule is COCC#Cc1ccc2c(c1)O[C@H](CN(C)C(=O)CC1CC1)[C@@H](C)CN([C@H](C)CO)S2(=O)=O. The highest BCUT2D eigenvalue weighted by molar-refractivity contribution is 7.89. The van der Waals surface area contributed by atoms with E-state index in [1.807, 2.05) is 6.92 Å². The highest BCUT2D eigenvalue weighted by Crippen LogP contribution is 2.35. The summed E-state index contributed by atoms with van der Waals surface area (Å²) in [6, 6.07) is 4.15. The first-order valence-electron chi connectivity index (χ1n) is 11.3. The summed E-state index contributed by atoms with van der Waals surface area (Å²) in [7, 11) is -0.597. The highest BCUT2D eigenvalue weighted by atomic mass is 32.2. The number of methoxy groups -OCH3 is 1. The van der Waals surface area contributed by atoms with Gasteiger partial charge in [-0.25, -0.2) is 8.42 Å². The van der Waals surface area contributed by atoms with Gasteiger partial charge < -0.3 is 19.5 Å². The van der Waals surface area contributed by atoms with E-state index in [2.05, 4.69) is 11.8 Å². The maximum Gasteiger partial charge on any atom is 0.247 e. The maximum absolute atomic E-state index is 13.5. The number of benzene rings is 1. The van der Waals surface area contributed by atoms with Crippen LogP contribution in [-0.2, 0) is 19.6 Å². The van der Waals surface area contributed by atoms with E-state index in [4.69, 9.17) is 9.47 Å². The summed E-state index contributed by atoms with van der Waals surface area (Å²) in [4.78, 5) is 14.3. The van der Waals surface area contributed by atoms with Crippen LogP contribution in [0, 0.1) is 23.7 Å². The summed E-state index contributed by atoms with van der Waals surface area (Å²) in [5, 5.41) is 9.73. The zero-order valence-electron chi connectivity index (χ0n) is 19.8. The largest absolute Gasteiger partial charge is 0.487 e. The van der Waals surface area contributed by atoms with Gasteiger partial charge in [0.15, 0.2) is 0 Å². The maximum atomic E-state index is 13.5. The molecule has 1 aliphatic carbocycles. The Morgan fingerprint density at radius 3 is 2.76 bits per heavy atom. The molecule has 1 N–H and O–H groups in total. The van der Waals surface area contributed by atoms with E-state index in [-0.39, 0.29) is 42.2 Å². The summed E-state index contributed by atoms with van der Waals surface area (Å²) in [6.45, 7) is 4.06. The smallest absolute Gasteiger partial charge is 0.247 e. The molecule has 1 fully saturated rings. The van der Waals surface area contributed by atoms with Gasteiger partial charge in [-0.05, 0) is 43.9 Å². The first kappa shape index (κ1) is 25.5. The minimum absolute atomic E-state index is 0.0314. The number of aliphatic hydroxyl groups excluding tert-OH is 1. The van der Waals surface area contributed by atoms with Gasteiger partial charge in [-0.1, -0.05) is 18.8 Å². The van der Waals surface area contributed by atoms with Gasteiger partial charge in [0.2, 0.25) is 15.9 Å². The normalized spacial score (nSPS) is 23.2. The Hall–Kier alpha value is -2.12. The van der Waals surface area contributed by atoms with E-state index in [0.717, 1.165) is 12.8 Å². The quantitative estimate of drug-likeness (QED) is 0.600. The van der Waals surface area contributed by atoms with Crippen molar-refractivity contribution < 1.29 is 27.8 Å². The van der Waals surface area contributed by atoms with Crippen LogP contribution in [-0.4, -0.2) is 81.2 Å². The second kappa shape index (κ2) is 10.9. The van der Waals surface area contributed by atoms with E-state index in [1.54, 1.807) is 38.1 Å². The number of hydrogen-bond donors (Lipinski definition) is 1. The Balaban J connectivity index is 1.97. The lowest BCUT2D eigenvalue weighted by Gasteiger charge is -2.37. The van der Waals surface area contributed by atoms with Gasteiger partial charge in [0.1, 0.15) is 23.4 Å². The summed E-state index contributed by atoms with van der Waals surface area (Å²) in [6.07, 6.45) is 2.31. The van der Waals surface area contributed by atoms with Gasteiger partial charge >= 0.3 is 0 Å². The van der Waals surface area contributed by atoms with Crippen molar-refractivity contribution in [2.24, 2.45) is 11.8 Å².